The molecule has 3 aromatic rings. The van der Waals surface area contributed by atoms with Gasteiger partial charge in [0.15, 0.2) is 17.3 Å². The van der Waals surface area contributed by atoms with Gasteiger partial charge in [-0.3, -0.25) is 4.79 Å². The van der Waals surface area contributed by atoms with E-state index < -0.39 is 0 Å². The number of rotatable bonds is 9. The van der Waals surface area contributed by atoms with Crippen molar-refractivity contribution in [3.05, 3.63) is 89.5 Å². The molecule has 0 fully saturated rings. The van der Waals surface area contributed by atoms with E-state index in [1.54, 1.807) is 50.6 Å². The quantitative estimate of drug-likeness (QED) is 0.363. The topological polar surface area (TPSA) is 54.0 Å². The van der Waals surface area contributed by atoms with Crippen LogP contribution in [-0.4, -0.2) is 27.1 Å². The molecule has 3 aromatic carbocycles. The standard InChI is InChI=1S/C25H24O5/c1-27-23-14-10-18(15-25(23)29-3)9-13-22(26)21-12-11-20(16-24(21)28-2)30-17-19-7-5-4-6-8-19/h4-16H,17H2,1-3H3/b13-9+. The summed E-state index contributed by atoms with van der Waals surface area (Å²) in [6.45, 7) is 0.441. The molecule has 0 saturated heterocycles. The number of methoxy groups -OCH3 is 3. The predicted octanol–water partition coefficient (Wildman–Crippen LogP) is 5.19. The van der Waals surface area contributed by atoms with Crippen molar-refractivity contribution in [3.63, 3.8) is 0 Å². The van der Waals surface area contributed by atoms with Crippen LogP contribution in [0.1, 0.15) is 21.5 Å². The highest BCUT2D eigenvalue weighted by atomic mass is 16.5. The number of hydrogen-bond donors (Lipinski definition) is 0. The lowest BCUT2D eigenvalue weighted by molar-refractivity contribution is 0.104. The van der Waals surface area contributed by atoms with Gasteiger partial charge in [-0.25, -0.2) is 0 Å². The number of hydrogen-bond acceptors (Lipinski definition) is 5. The van der Waals surface area contributed by atoms with Gasteiger partial charge in [-0.2, -0.15) is 0 Å². The van der Waals surface area contributed by atoms with Crippen LogP contribution in [0.3, 0.4) is 0 Å². The van der Waals surface area contributed by atoms with Crippen LogP contribution >= 0.6 is 0 Å². The van der Waals surface area contributed by atoms with Crippen LogP contribution in [0.5, 0.6) is 23.0 Å². The maximum absolute atomic E-state index is 12.7. The molecule has 0 aliphatic rings. The van der Waals surface area contributed by atoms with Crippen LogP contribution < -0.4 is 18.9 Å². The second-order valence-electron chi connectivity index (χ2n) is 6.45. The Morgan fingerprint density at radius 2 is 1.53 bits per heavy atom. The van der Waals surface area contributed by atoms with Gasteiger partial charge in [-0.1, -0.05) is 42.5 Å². The molecule has 0 aliphatic carbocycles. The van der Waals surface area contributed by atoms with Gasteiger partial charge in [0.2, 0.25) is 0 Å². The van der Waals surface area contributed by atoms with Crippen LogP contribution in [0, 0.1) is 0 Å². The molecular formula is C25H24O5. The molecule has 0 amide bonds. The van der Waals surface area contributed by atoms with Crippen molar-refractivity contribution < 1.29 is 23.7 Å². The van der Waals surface area contributed by atoms with Crippen molar-refractivity contribution in [2.45, 2.75) is 6.61 Å². The van der Waals surface area contributed by atoms with Crippen molar-refractivity contribution in [1.29, 1.82) is 0 Å². The summed E-state index contributed by atoms with van der Waals surface area (Å²) in [4.78, 5) is 12.7. The molecule has 0 heterocycles. The SMILES string of the molecule is COc1ccc(/C=C/C(=O)c2ccc(OCc3ccccc3)cc2OC)cc1OC. The summed E-state index contributed by atoms with van der Waals surface area (Å²) in [5, 5.41) is 0. The molecular weight excluding hydrogens is 380 g/mol. The zero-order valence-corrected chi connectivity index (χ0v) is 17.3. The van der Waals surface area contributed by atoms with E-state index in [0.29, 0.717) is 35.2 Å². The number of carbonyl (C=O) groups excluding carboxylic acids is 1. The third kappa shape index (κ3) is 5.20. The van der Waals surface area contributed by atoms with Crippen LogP contribution in [-0.2, 0) is 6.61 Å². The third-order valence-electron chi connectivity index (χ3n) is 4.52. The number of benzene rings is 3. The number of ketones is 1. The normalized spacial score (nSPS) is 10.6. The molecule has 0 N–H and O–H groups in total. The second-order valence-corrected chi connectivity index (χ2v) is 6.45. The van der Waals surface area contributed by atoms with Gasteiger partial charge in [-0.15, -0.1) is 0 Å². The molecule has 0 atom stereocenters. The van der Waals surface area contributed by atoms with Gasteiger partial charge in [-0.05, 0) is 41.5 Å². The molecule has 0 aromatic heterocycles. The van der Waals surface area contributed by atoms with Crippen LogP contribution in [0.15, 0.2) is 72.8 Å². The maximum Gasteiger partial charge on any atom is 0.189 e. The monoisotopic (exact) mass is 404 g/mol. The van der Waals surface area contributed by atoms with E-state index in [9.17, 15) is 4.79 Å². The summed E-state index contributed by atoms with van der Waals surface area (Å²) < 4.78 is 21.7. The smallest absolute Gasteiger partial charge is 0.189 e. The van der Waals surface area contributed by atoms with E-state index >= 15 is 0 Å². The summed E-state index contributed by atoms with van der Waals surface area (Å²) >= 11 is 0. The van der Waals surface area contributed by atoms with Crippen molar-refractivity contribution in [1.82, 2.24) is 0 Å². The summed E-state index contributed by atoms with van der Waals surface area (Å²) in [6, 6.07) is 20.5. The lowest BCUT2D eigenvalue weighted by Gasteiger charge is -2.11. The number of carbonyl (C=O) groups is 1. The molecule has 3 rings (SSSR count). The minimum Gasteiger partial charge on any atom is -0.496 e. The van der Waals surface area contributed by atoms with Crippen molar-refractivity contribution in [2.75, 3.05) is 21.3 Å². The Bertz CT molecular complexity index is 1020. The first-order valence-corrected chi connectivity index (χ1v) is 9.44. The molecule has 5 heteroatoms. The first kappa shape index (κ1) is 21.0. The van der Waals surface area contributed by atoms with Gasteiger partial charge in [0.05, 0.1) is 26.9 Å². The van der Waals surface area contributed by atoms with Crippen molar-refractivity contribution >= 4 is 11.9 Å². The first-order chi connectivity index (χ1) is 14.6. The van der Waals surface area contributed by atoms with E-state index in [4.69, 9.17) is 18.9 Å². The van der Waals surface area contributed by atoms with Gasteiger partial charge in [0, 0.05) is 6.07 Å². The van der Waals surface area contributed by atoms with Gasteiger partial charge < -0.3 is 18.9 Å². The Balaban J connectivity index is 1.73. The van der Waals surface area contributed by atoms with Crippen LogP contribution in [0.4, 0.5) is 0 Å². The van der Waals surface area contributed by atoms with E-state index in [2.05, 4.69) is 0 Å². The predicted molar refractivity (Wildman–Crippen MR) is 117 cm³/mol. The summed E-state index contributed by atoms with van der Waals surface area (Å²) in [6.07, 6.45) is 3.23. The first-order valence-electron chi connectivity index (χ1n) is 9.44. The molecule has 154 valence electrons. The lowest BCUT2D eigenvalue weighted by Crippen LogP contribution is -2.01. The minimum absolute atomic E-state index is 0.170. The Kier molecular flexibility index (Phi) is 7.11. The van der Waals surface area contributed by atoms with Gasteiger partial charge >= 0.3 is 0 Å². The largest absolute Gasteiger partial charge is 0.496 e. The summed E-state index contributed by atoms with van der Waals surface area (Å²) in [7, 11) is 4.68. The fourth-order valence-corrected chi connectivity index (χ4v) is 2.92. The number of ether oxygens (including phenoxy) is 4. The minimum atomic E-state index is -0.170. The highest BCUT2D eigenvalue weighted by Gasteiger charge is 2.12. The summed E-state index contributed by atoms with van der Waals surface area (Å²) in [5.41, 5.74) is 2.35. The van der Waals surface area contributed by atoms with Crippen LogP contribution in [0.25, 0.3) is 6.08 Å². The molecule has 0 bridgehead atoms. The second kappa shape index (κ2) is 10.2. The van der Waals surface area contributed by atoms with E-state index in [-0.39, 0.29) is 5.78 Å². The Hall–Kier alpha value is -3.73. The maximum atomic E-state index is 12.7. The fourth-order valence-electron chi connectivity index (χ4n) is 2.92. The highest BCUT2D eigenvalue weighted by molar-refractivity contribution is 6.08. The molecule has 0 unspecified atom stereocenters. The molecule has 5 nitrogen and oxygen atoms in total. The Morgan fingerprint density at radius 3 is 2.23 bits per heavy atom. The zero-order chi connectivity index (χ0) is 21.3. The molecule has 30 heavy (non-hydrogen) atoms. The molecule has 0 aliphatic heterocycles. The molecule has 0 radical (unpaired) electrons. The van der Waals surface area contributed by atoms with Crippen molar-refractivity contribution in [2.24, 2.45) is 0 Å². The van der Waals surface area contributed by atoms with Gasteiger partial charge in [0.1, 0.15) is 18.1 Å². The fraction of sp³-hybridized carbons (Fsp3) is 0.160. The lowest BCUT2D eigenvalue weighted by atomic mass is 10.1. The molecule has 0 spiro atoms. The average Bonchev–Trinajstić information content (AvgIpc) is 2.81. The van der Waals surface area contributed by atoms with E-state index in [1.807, 2.05) is 36.4 Å². The summed E-state index contributed by atoms with van der Waals surface area (Å²) in [5.74, 6) is 2.16. The average molecular weight is 404 g/mol. The van der Waals surface area contributed by atoms with Crippen molar-refractivity contribution in [3.8, 4) is 23.0 Å². The van der Waals surface area contributed by atoms with Gasteiger partial charge in [0.25, 0.3) is 0 Å². The van der Waals surface area contributed by atoms with Crippen LogP contribution in [0.2, 0.25) is 0 Å². The zero-order valence-electron chi connectivity index (χ0n) is 17.3. The van der Waals surface area contributed by atoms with E-state index in [1.165, 1.54) is 13.2 Å². The van der Waals surface area contributed by atoms with E-state index in [0.717, 1.165) is 11.1 Å². The third-order valence-corrected chi connectivity index (χ3v) is 4.52. The number of allylic oxidation sites excluding steroid dienone is 1. The Morgan fingerprint density at radius 1 is 0.800 bits per heavy atom. The Labute approximate surface area is 176 Å². The molecule has 0 saturated carbocycles. The highest BCUT2D eigenvalue weighted by Crippen LogP contribution is 2.29.